The van der Waals surface area contributed by atoms with Crippen molar-refractivity contribution in [1.29, 1.82) is 0 Å². The van der Waals surface area contributed by atoms with E-state index in [2.05, 4.69) is 10.5 Å². The molecular weight excluding hydrogens is 402 g/mol. The summed E-state index contributed by atoms with van der Waals surface area (Å²) in [5.74, 6) is 0.358. The van der Waals surface area contributed by atoms with Gasteiger partial charge in [0.25, 0.3) is 5.91 Å². The first-order valence-electron chi connectivity index (χ1n) is 9.88. The molecule has 0 saturated carbocycles. The van der Waals surface area contributed by atoms with Crippen LogP contribution in [0.5, 0.6) is 0 Å². The Hall–Kier alpha value is -3.12. The van der Waals surface area contributed by atoms with Gasteiger partial charge in [0.1, 0.15) is 17.0 Å². The summed E-state index contributed by atoms with van der Waals surface area (Å²) in [4.78, 5) is 26.6. The van der Waals surface area contributed by atoms with E-state index in [1.165, 1.54) is 0 Å². The highest BCUT2D eigenvalue weighted by Gasteiger charge is 2.23. The Morgan fingerprint density at radius 3 is 2.77 bits per heavy atom. The molecule has 0 radical (unpaired) electrons. The second-order valence-electron chi connectivity index (χ2n) is 7.36. The lowest BCUT2D eigenvalue weighted by Crippen LogP contribution is -2.25. The molecule has 30 heavy (non-hydrogen) atoms. The number of hydrogen-bond donors (Lipinski definition) is 1. The summed E-state index contributed by atoms with van der Waals surface area (Å²) in [6.07, 6.45) is 1.54. The lowest BCUT2D eigenvalue weighted by Gasteiger charge is -2.16. The van der Waals surface area contributed by atoms with Crippen LogP contribution < -0.4 is 5.32 Å². The van der Waals surface area contributed by atoms with Crippen LogP contribution in [0.3, 0.4) is 0 Å². The number of benzene rings is 2. The van der Waals surface area contributed by atoms with Crippen LogP contribution in [0.25, 0.3) is 11.3 Å². The summed E-state index contributed by atoms with van der Waals surface area (Å²) >= 11 is 6.27. The summed E-state index contributed by atoms with van der Waals surface area (Å²) in [6.45, 7) is 3.46. The van der Waals surface area contributed by atoms with Gasteiger partial charge in [0, 0.05) is 31.6 Å². The molecule has 1 aromatic heterocycles. The first-order valence-corrected chi connectivity index (χ1v) is 10.3. The van der Waals surface area contributed by atoms with Gasteiger partial charge in [0.2, 0.25) is 5.91 Å². The SMILES string of the molecule is Cc1onc(-c2ccccc2Cl)c1C(=O)NCc1cccc(CN2CCCC2=O)c1. The number of aryl methyl sites for hydroxylation is 1. The fraction of sp³-hybridized carbons (Fsp3) is 0.261. The normalized spacial score (nSPS) is 13.7. The number of amides is 2. The van der Waals surface area contributed by atoms with Gasteiger partial charge in [-0.05, 0) is 30.5 Å². The first kappa shape index (κ1) is 20.2. The van der Waals surface area contributed by atoms with Crippen LogP contribution in [-0.4, -0.2) is 28.4 Å². The van der Waals surface area contributed by atoms with Crippen LogP contribution in [0.4, 0.5) is 0 Å². The monoisotopic (exact) mass is 423 g/mol. The molecule has 0 bridgehead atoms. The lowest BCUT2D eigenvalue weighted by atomic mass is 10.1. The third kappa shape index (κ3) is 4.24. The lowest BCUT2D eigenvalue weighted by molar-refractivity contribution is -0.128. The van der Waals surface area contributed by atoms with Crippen LogP contribution in [-0.2, 0) is 17.9 Å². The summed E-state index contributed by atoms with van der Waals surface area (Å²) in [5, 5.41) is 7.49. The van der Waals surface area contributed by atoms with Gasteiger partial charge in [-0.2, -0.15) is 0 Å². The van der Waals surface area contributed by atoms with Crippen molar-refractivity contribution in [3.05, 3.63) is 76.0 Å². The molecule has 1 aliphatic rings. The highest BCUT2D eigenvalue weighted by atomic mass is 35.5. The predicted octanol–water partition coefficient (Wildman–Crippen LogP) is 4.36. The third-order valence-corrected chi connectivity index (χ3v) is 5.54. The van der Waals surface area contributed by atoms with Crippen molar-refractivity contribution in [2.75, 3.05) is 6.54 Å². The number of carbonyl (C=O) groups excluding carboxylic acids is 2. The Morgan fingerprint density at radius 2 is 2.00 bits per heavy atom. The van der Waals surface area contributed by atoms with E-state index in [-0.39, 0.29) is 11.8 Å². The van der Waals surface area contributed by atoms with Gasteiger partial charge < -0.3 is 14.7 Å². The van der Waals surface area contributed by atoms with E-state index in [9.17, 15) is 9.59 Å². The minimum absolute atomic E-state index is 0.198. The van der Waals surface area contributed by atoms with Crippen LogP contribution >= 0.6 is 11.6 Å². The van der Waals surface area contributed by atoms with Crippen LogP contribution in [0.15, 0.2) is 53.1 Å². The van der Waals surface area contributed by atoms with Gasteiger partial charge in [-0.25, -0.2) is 0 Å². The number of aromatic nitrogens is 1. The molecule has 3 aromatic rings. The molecule has 4 rings (SSSR count). The van der Waals surface area contributed by atoms with Crippen molar-refractivity contribution in [2.24, 2.45) is 0 Å². The largest absolute Gasteiger partial charge is 0.360 e. The average Bonchev–Trinajstić information content (AvgIpc) is 3.32. The zero-order valence-corrected chi connectivity index (χ0v) is 17.4. The maximum absolute atomic E-state index is 12.9. The number of nitrogens with zero attached hydrogens (tertiary/aromatic N) is 2. The first-order chi connectivity index (χ1) is 14.5. The summed E-state index contributed by atoms with van der Waals surface area (Å²) in [5.41, 5.74) is 3.47. The van der Waals surface area contributed by atoms with Crippen LogP contribution in [0.2, 0.25) is 5.02 Å². The second-order valence-corrected chi connectivity index (χ2v) is 7.77. The van der Waals surface area contributed by atoms with Gasteiger partial charge in [0.05, 0.1) is 5.02 Å². The van der Waals surface area contributed by atoms with E-state index in [0.717, 1.165) is 24.1 Å². The van der Waals surface area contributed by atoms with Crippen molar-refractivity contribution in [1.82, 2.24) is 15.4 Å². The molecular formula is C23H22ClN3O3. The zero-order valence-electron chi connectivity index (χ0n) is 16.7. The fourth-order valence-corrected chi connectivity index (χ4v) is 3.90. The Balaban J connectivity index is 1.47. The van der Waals surface area contributed by atoms with E-state index in [0.29, 0.717) is 47.1 Å². The number of halogens is 1. The fourth-order valence-electron chi connectivity index (χ4n) is 3.68. The Bertz CT molecular complexity index is 1090. The van der Waals surface area contributed by atoms with Gasteiger partial charge in [-0.3, -0.25) is 9.59 Å². The van der Waals surface area contributed by atoms with Crippen molar-refractivity contribution in [2.45, 2.75) is 32.9 Å². The van der Waals surface area contributed by atoms with E-state index < -0.39 is 0 Å². The molecule has 2 heterocycles. The number of likely N-dealkylation sites (tertiary alicyclic amines) is 1. The molecule has 0 aliphatic carbocycles. The van der Waals surface area contributed by atoms with Crippen molar-refractivity contribution in [3.63, 3.8) is 0 Å². The van der Waals surface area contributed by atoms with E-state index in [1.54, 1.807) is 19.1 Å². The maximum atomic E-state index is 12.9. The molecule has 0 atom stereocenters. The third-order valence-electron chi connectivity index (χ3n) is 5.21. The second kappa shape index (κ2) is 8.71. The smallest absolute Gasteiger partial charge is 0.257 e. The van der Waals surface area contributed by atoms with Crippen molar-refractivity contribution >= 4 is 23.4 Å². The minimum atomic E-state index is -0.274. The number of hydrogen-bond acceptors (Lipinski definition) is 4. The van der Waals surface area contributed by atoms with Gasteiger partial charge in [-0.1, -0.05) is 59.2 Å². The molecule has 2 amide bonds. The number of rotatable bonds is 6. The molecule has 1 fully saturated rings. The molecule has 2 aromatic carbocycles. The predicted molar refractivity (Wildman–Crippen MR) is 114 cm³/mol. The van der Waals surface area contributed by atoms with Crippen LogP contribution in [0, 0.1) is 6.92 Å². The molecule has 1 aliphatic heterocycles. The summed E-state index contributed by atoms with van der Waals surface area (Å²) in [6, 6.07) is 15.1. The van der Waals surface area contributed by atoms with Gasteiger partial charge >= 0.3 is 0 Å². The number of carbonyl (C=O) groups is 2. The minimum Gasteiger partial charge on any atom is -0.360 e. The van der Waals surface area contributed by atoms with E-state index >= 15 is 0 Å². The molecule has 1 N–H and O–H groups in total. The van der Waals surface area contributed by atoms with Crippen LogP contribution in [0.1, 0.15) is 40.1 Å². The summed E-state index contributed by atoms with van der Waals surface area (Å²) < 4.78 is 5.27. The molecule has 1 saturated heterocycles. The maximum Gasteiger partial charge on any atom is 0.257 e. The summed E-state index contributed by atoms with van der Waals surface area (Å²) in [7, 11) is 0. The molecule has 154 valence electrons. The van der Waals surface area contributed by atoms with Gasteiger partial charge in [-0.15, -0.1) is 0 Å². The number of nitrogens with one attached hydrogen (secondary N) is 1. The average molecular weight is 424 g/mol. The van der Waals surface area contributed by atoms with E-state index in [4.69, 9.17) is 16.1 Å². The Kier molecular flexibility index (Phi) is 5.86. The zero-order chi connectivity index (χ0) is 21.1. The topological polar surface area (TPSA) is 75.4 Å². The highest BCUT2D eigenvalue weighted by molar-refractivity contribution is 6.33. The standard InChI is InChI=1S/C23H22ClN3O3/c1-15-21(22(26-30-15)18-8-2-3-9-19(18)24)23(29)25-13-16-6-4-7-17(12-16)14-27-11-5-10-20(27)28/h2-4,6-9,12H,5,10-11,13-14H2,1H3,(H,25,29). The Morgan fingerprint density at radius 1 is 1.20 bits per heavy atom. The highest BCUT2D eigenvalue weighted by Crippen LogP contribution is 2.31. The quantitative estimate of drug-likeness (QED) is 0.639. The molecule has 6 nitrogen and oxygen atoms in total. The molecule has 0 spiro atoms. The van der Waals surface area contributed by atoms with Crippen molar-refractivity contribution in [3.8, 4) is 11.3 Å². The molecule has 0 unspecified atom stereocenters. The van der Waals surface area contributed by atoms with Crippen molar-refractivity contribution < 1.29 is 14.1 Å². The van der Waals surface area contributed by atoms with Gasteiger partial charge in [0.15, 0.2) is 0 Å². The Labute approximate surface area is 179 Å². The van der Waals surface area contributed by atoms with E-state index in [1.807, 2.05) is 41.3 Å². The molecule has 7 heteroatoms.